The van der Waals surface area contributed by atoms with E-state index in [1.807, 2.05) is 77.9 Å². The number of rotatable bonds is 8. The van der Waals surface area contributed by atoms with Gasteiger partial charge in [-0.3, -0.25) is 4.79 Å². The molecule has 213 valence electrons. The number of ketones is 1. The Kier molecular flexibility index (Phi) is 11.8. The van der Waals surface area contributed by atoms with E-state index in [-0.39, 0.29) is 42.5 Å². The van der Waals surface area contributed by atoms with Crippen molar-refractivity contribution in [1.29, 1.82) is 0 Å². The van der Waals surface area contributed by atoms with Crippen LogP contribution in [0.4, 0.5) is 0 Å². The maximum atomic E-state index is 11.8. The van der Waals surface area contributed by atoms with Crippen LogP contribution in [-0.2, 0) is 24.9 Å². The van der Waals surface area contributed by atoms with Gasteiger partial charge in [0.2, 0.25) is 5.88 Å². The minimum atomic E-state index is -0.377. The minimum Gasteiger partial charge on any atom is -0.512 e. The number of ether oxygens (including phenoxy) is 1. The van der Waals surface area contributed by atoms with Crippen LogP contribution in [0.5, 0.6) is 11.6 Å². The molecule has 0 spiro atoms. The van der Waals surface area contributed by atoms with E-state index in [0.717, 1.165) is 23.6 Å². The van der Waals surface area contributed by atoms with Crippen LogP contribution in [0.3, 0.4) is 0 Å². The van der Waals surface area contributed by atoms with Crippen molar-refractivity contribution in [3.8, 4) is 22.8 Å². The maximum Gasteiger partial charge on any atom is 0.224 e. The molecule has 1 heterocycles. The Balaban J connectivity index is 0.000000307. The summed E-state index contributed by atoms with van der Waals surface area (Å²) in [5, 5.41) is 12.0. The number of aromatic nitrogens is 1. The number of aliphatic hydroxyl groups is 1. The standard InChI is InChI=1S/C22H16NO.C13H24O2.Ir/c1-16-19(17-8-4-2-5-9-17)12-13-21-20(16)14-15-23-22(21)24-18-10-6-3-7-11-18;1-7-12(3,4)10(14)9-11(15)13(5,6)8-2;/h2-10,12-15H,1H3;9,14H,7-8H2,1-6H3;/q-1;;/b;10-9-;. The molecule has 0 saturated carbocycles. The number of aryl methyl sites for hydroxylation is 1. The molecular formula is C35H40IrNO3-. The molecule has 0 atom stereocenters. The van der Waals surface area contributed by atoms with E-state index < -0.39 is 0 Å². The fourth-order valence-electron chi connectivity index (χ4n) is 3.81. The average molecular weight is 715 g/mol. The van der Waals surface area contributed by atoms with Crippen molar-refractivity contribution in [2.75, 3.05) is 0 Å². The Morgan fingerprint density at radius 2 is 1.55 bits per heavy atom. The predicted molar refractivity (Wildman–Crippen MR) is 161 cm³/mol. The van der Waals surface area contributed by atoms with Crippen molar-refractivity contribution in [3.05, 3.63) is 102 Å². The quantitative estimate of drug-likeness (QED) is 0.112. The second-order valence-electron chi connectivity index (χ2n) is 11.0. The van der Waals surface area contributed by atoms with Crippen molar-refractivity contribution in [2.24, 2.45) is 10.8 Å². The zero-order valence-electron chi connectivity index (χ0n) is 24.5. The molecule has 0 aliphatic rings. The summed E-state index contributed by atoms with van der Waals surface area (Å²) in [7, 11) is 0. The number of carbonyl (C=O) groups is 1. The summed E-state index contributed by atoms with van der Waals surface area (Å²) < 4.78 is 5.93. The van der Waals surface area contributed by atoms with E-state index in [9.17, 15) is 9.90 Å². The Bertz CT molecular complexity index is 1430. The third-order valence-electron chi connectivity index (χ3n) is 7.55. The van der Waals surface area contributed by atoms with E-state index in [2.05, 4.69) is 54.4 Å². The Morgan fingerprint density at radius 3 is 2.15 bits per heavy atom. The van der Waals surface area contributed by atoms with Gasteiger partial charge in [-0.1, -0.05) is 77.9 Å². The van der Waals surface area contributed by atoms with Crippen LogP contribution in [0.15, 0.2) is 90.8 Å². The summed E-state index contributed by atoms with van der Waals surface area (Å²) in [4.78, 5) is 16.2. The number of hydrogen-bond donors (Lipinski definition) is 1. The molecule has 0 saturated heterocycles. The van der Waals surface area contributed by atoms with Gasteiger partial charge in [0.25, 0.3) is 0 Å². The average Bonchev–Trinajstić information content (AvgIpc) is 2.95. The Hall–Kier alpha value is -3.27. The van der Waals surface area contributed by atoms with Crippen molar-refractivity contribution >= 4 is 16.6 Å². The normalized spacial score (nSPS) is 11.7. The minimum absolute atomic E-state index is 0. The second kappa shape index (κ2) is 14.4. The summed E-state index contributed by atoms with van der Waals surface area (Å²) >= 11 is 0. The number of carbonyl (C=O) groups excluding carboxylic acids is 1. The van der Waals surface area contributed by atoms with E-state index in [1.54, 1.807) is 6.20 Å². The van der Waals surface area contributed by atoms with Gasteiger partial charge in [-0.05, 0) is 54.0 Å². The molecule has 0 amide bonds. The molecule has 4 nitrogen and oxygen atoms in total. The van der Waals surface area contributed by atoms with Gasteiger partial charge in [-0.15, -0.1) is 12.1 Å². The van der Waals surface area contributed by atoms with Gasteiger partial charge in [0.1, 0.15) is 5.76 Å². The summed E-state index contributed by atoms with van der Waals surface area (Å²) in [6, 6.07) is 27.3. The van der Waals surface area contributed by atoms with Crippen molar-refractivity contribution in [3.63, 3.8) is 0 Å². The first kappa shape index (κ1) is 32.9. The number of benzene rings is 3. The van der Waals surface area contributed by atoms with Gasteiger partial charge in [-0.25, -0.2) is 4.98 Å². The third-order valence-corrected chi connectivity index (χ3v) is 7.55. The number of para-hydroxylation sites is 1. The number of fused-ring (bicyclic) bond motifs is 1. The molecule has 3 aromatic carbocycles. The number of allylic oxidation sites excluding steroid dienone is 2. The van der Waals surface area contributed by atoms with Crippen LogP contribution in [0.2, 0.25) is 0 Å². The number of pyridine rings is 1. The summed E-state index contributed by atoms with van der Waals surface area (Å²) in [5.41, 5.74) is 2.99. The predicted octanol–water partition coefficient (Wildman–Crippen LogP) is 9.67. The molecule has 1 aromatic heterocycles. The van der Waals surface area contributed by atoms with Crippen molar-refractivity contribution < 1.29 is 34.7 Å². The molecular weight excluding hydrogens is 675 g/mol. The molecule has 0 unspecified atom stereocenters. The first-order valence-corrected chi connectivity index (χ1v) is 13.5. The third kappa shape index (κ3) is 8.13. The van der Waals surface area contributed by atoms with E-state index >= 15 is 0 Å². The zero-order chi connectivity index (χ0) is 28.6. The van der Waals surface area contributed by atoms with Gasteiger partial charge in [0.15, 0.2) is 5.78 Å². The van der Waals surface area contributed by atoms with Crippen LogP contribution in [-0.4, -0.2) is 15.9 Å². The molecule has 0 fully saturated rings. The smallest absolute Gasteiger partial charge is 0.224 e. The first-order valence-electron chi connectivity index (χ1n) is 13.5. The van der Waals surface area contributed by atoms with Crippen LogP contribution in [0.1, 0.15) is 59.9 Å². The molecule has 4 aromatic rings. The molecule has 40 heavy (non-hydrogen) atoms. The number of aliphatic hydroxyl groups excluding tert-OH is 1. The molecule has 5 heteroatoms. The van der Waals surface area contributed by atoms with Gasteiger partial charge < -0.3 is 9.84 Å². The van der Waals surface area contributed by atoms with Gasteiger partial charge in [-0.2, -0.15) is 18.2 Å². The second-order valence-corrected chi connectivity index (χ2v) is 11.0. The van der Waals surface area contributed by atoms with E-state index in [1.165, 1.54) is 22.8 Å². The summed E-state index contributed by atoms with van der Waals surface area (Å²) in [5.74, 6) is 1.47. The monoisotopic (exact) mass is 715 g/mol. The van der Waals surface area contributed by atoms with E-state index in [4.69, 9.17) is 4.74 Å². The largest absolute Gasteiger partial charge is 0.512 e. The topological polar surface area (TPSA) is 59.4 Å². The molecule has 1 N–H and O–H groups in total. The number of nitrogens with zero attached hydrogens (tertiary/aromatic N) is 1. The fraction of sp³-hybridized carbons (Fsp3) is 0.314. The first-order chi connectivity index (χ1) is 18.5. The van der Waals surface area contributed by atoms with Gasteiger partial charge in [0.05, 0.1) is 0 Å². The summed E-state index contributed by atoms with van der Waals surface area (Å²) in [6.45, 7) is 13.8. The van der Waals surface area contributed by atoms with Crippen molar-refractivity contribution in [2.45, 2.75) is 61.3 Å². The molecule has 4 rings (SSSR count). The van der Waals surface area contributed by atoms with Crippen LogP contribution >= 0.6 is 0 Å². The van der Waals surface area contributed by atoms with E-state index in [0.29, 0.717) is 11.6 Å². The molecule has 0 aliphatic carbocycles. The Labute approximate surface area is 252 Å². The van der Waals surface area contributed by atoms with Crippen molar-refractivity contribution in [1.82, 2.24) is 4.98 Å². The SMILES string of the molecule is CCC(C)(C)C(=O)/C=C(\O)C(C)(C)CC.Cc1c(-c2ccccc2)ccc2c(Oc3[c-]cccc3)nccc12.[Ir]. The van der Waals surface area contributed by atoms with Crippen LogP contribution in [0.25, 0.3) is 21.9 Å². The zero-order valence-corrected chi connectivity index (χ0v) is 26.9. The molecule has 0 aliphatic heterocycles. The molecule has 1 radical (unpaired) electrons. The summed E-state index contributed by atoms with van der Waals surface area (Å²) in [6.07, 6.45) is 4.78. The fourth-order valence-corrected chi connectivity index (χ4v) is 3.81. The van der Waals surface area contributed by atoms with Crippen LogP contribution in [0, 0.1) is 23.8 Å². The number of hydrogen-bond acceptors (Lipinski definition) is 4. The maximum absolute atomic E-state index is 11.8. The molecule has 0 bridgehead atoms. The van der Waals surface area contributed by atoms with Crippen LogP contribution < -0.4 is 4.74 Å². The van der Waals surface area contributed by atoms with Gasteiger partial charge in [0, 0.05) is 54.3 Å². The Morgan fingerprint density at radius 1 is 0.900 bits per heavy atom. The van der Waals surface area contributed by atoms with Gasteiger partial charge >= 0.3 is 0 Å².